The molecular formula is C30H31FN6O5. The van der Waals surface area contributed by atoms with Gasteiger partial charge in [0.2, 0.25) is 11.7 Å². The smallest absolute Gasteiger partial charge is 0.251 e. The van der Waals surface area contributed by atoms with E-state index in [9.17, 15) is 14.0 Å². The number of anilines is 1. The van der Waals surface area contributed by atoms with Gasteiger partial charge in [0.1, 0.15) is 37.4 Å². The Hall–Kier alpha value is -5.00. The third kappa shape index (κ3) is 6.48. The molecule has 2 heterocycles. The quantitative estimate of drug-likeness (QED) is 0.336. The van der Waals surface area contributed by atoms with Gasteiger partial charge in [0, 0.05) is 22.9 Å². The number of rotatable bonds is 8. The van der Waals surface area contributed by atoms with E-state index >= 15 is 0 Å². The zero-order valence-electron chi connectivity index (χ0n) is 23.7. The minimum atomic E-state index is -1.16. The molecule has 42 heavy (non-hydrogen) atoms. The number of aromatic nitrogens is 4. The van der Waals surface area contributed by atoms with Crippen molar-refractivity contribution in [2.75, 3.05) is 25.2 Å². The molecule has 3 aromatic carbocycles. The van der Waals surface area contributed by atoms with Crippen LogP contribution in [0.15, 0.2) is 66.7 Å². The Kier molecular flexibility index (Phi) is 8.05. The van der Waals surface area contributed by atoms with E-state index in [0.717, 1.165) is 4.80 Å². The predicted molar refractivity (Wildman–Crippen MR) is 152 cm³/mol. The van der Waals surface area contributed by atoms with Gasteiger partial charge in [0.25, 0.3) is 5.91 Å². The second-order valence-electron chi connectivity index (χ2n) is 10.7. The molecule has 1 aliphatic heterocycles. The number of methoxy groups -OCH3 is 1. The number of carbonyl (C=O) groups is 2. The number of hydrogen-bond acceptors (Lipinski definition) is 8. The van der Waals surface area contributed by atoms with Crippen LogP contribution in [0.3, 0.4) is 0 Å². The van der Waals surface area contributed by atoms with Crippen LogP contribution < -0.4 is 24.4 Å². The summed E-state index contributed by atoms with van der Waals surface area (Å²) in [6.45, 7) is 5.91. The van der Waals surface area contributed by atoms with Gasteiger partial charge in [-0.2, -0.15) is 4.80 Å². The van der Waals surface area contributed by atoms with Crippen molar-refractivity contribution in [1.82, 2.24) is 25.5 Å². The highest BCUT2D eigenvalue weighted by molar-refractivity contribution is 6.01. The minimum absolute atomic E-state index is 0.317. The largest absolute Gasteiger partial charge is 0.497 e. The molecule has 0 fully saturated rings. The van der Waals surface area contributed by atoms with Gasteiger partial charge in [-0.05, 0) is 80.1 Å². The molecule has 0 saturated heterocycles. The van der Waals surface area contributed by atoms with E-state index in [0.29, 0.717) is 53.1 Å². The Balaban J connectivity index is 1.54. The number of benzene rings is 3. The van der Waals surface area contributed by atoms with Gasteiger partial charge in [-0.15, -0.1) is 10.2 Å². The van der Waals surface area contributed by atoms with Crippen LogP contribution >= 0.6 is 0 Å². The standard InChI is InChI=1S/C30H31FN6O5/c1-30(2,3)32-29(39)27(19-5-9-21(31)10-6-19)37(22-11-14-24-25(17-22)42-16-15-41-24)26(38)18-36-34-28(33-35-36)20-7-12-23(40-4)13-8-20/h5-14,17,27H,15-16,18H2,1-4H3,(H,32,39). The van der Waals surface area contributed by atoms with Crippen LogP contribution in [0, 0.1) is 5.82 Å². The lowest BCUT2D eigenvalue weighted by Crippen LogP contribution is -2.50. The Morgan fingerprint density at radius 3 is 2.38 bits per heavy atom. The lowest BCUT2D eigenvalue weighted by atomic mass is 10.0. The van der Waals surface area contributed by atoms with Gasteiger partial charge < -0.3 is 19.5 Å². The molecular weight excluding hydrogens is 543 g/mol. The van der Waals surface area contributed by atoms with E-state index in [4.69, 9.17) is 14.2 Å². The summed E-state index contributed by atoms with van der Waals surface area (Å²) in [5.74, 6) is 0.521. The van der Waals surface area contributed by atoms with Crippen LogP contribution in [0.5, 0.6) is 17.2 Å². The first-order valence-electron chi connectivity index (χ1n) is 13.3. The fourth-order valence-electron chi connectivity index (χ4n) is 4.48. The SMILES string of the molecule is COc1ccc(-c2nnn(CC(=O)N(c3ccc4c(c3)OCCO4)C(C(=O)NC(C)(C)C)c3ccc(F)cc3)n2)cc1. The summed E-state index contributed by atoms with van der Waals surface area (Å²) in [5, 5.41) is 15.5. The molecule has 0 radical (unpaired) electrons. The van der Waals surface area contributed by atoms with E-state index < -0.39 is 29.2 Å². The number of carbonyl (C=O) groups excluding carboxylic acids is 2. The van der Waals surface area contributed by atoms with Gasteiger partial charge in [-0.1, -0.05) is 12.1 Å². The van der Waals surface area contributed by atoms with Crippen LogP contribution in [0.1, 0.15) is 32.4 Å². The Labute approximate surface area is 242 Å². The summed E-state index contributed by atoms with van der Waals surface area (Å²) in [6.07, 6.45) is 0. The Bertz CT molecular complexity index is 1570. The van der Waals surface area contributed by atoms with Gasteiger partial charge in [-0.25, -0.2) is 4.39 Å². The number of hydrogen-bond donors (Lipinski definition) is 1. The first-order valence-corrected chi connectivity index (χ1v) is 13.3. The molecule has 5 rings (SSSR count). The van der Waals surface area contributed by atoms with Crippen LogP contribution in [-0.4, -0.2) is 57.9 Å². The fraction of sp³-hybridized carbons (Fsp3) is 0.300. The summed E-state index contributed by atoms with van der Waals surface area (Å²) in [5.41, 5.74) is 0.856. The lowest BCUT2D eigenvalue weighted by molar-refractivity contribution is -0.128. The van der Waals surface area contributed by atoms with Crippen molar-refractivity contribution in [3.63, 3.8) is 0 Å². The Morgan fingerprint density at radius 2 is 1.71 bits per heavy atom. The van der Waals surface area contributed by atoms with E-state index in [-0.39, 0.29) is 6.54 Å². The molecule has 1 aliphatic rings. The van der Waals surface area contributed by atoms with E-state index in [1.54, 1.807) is 49.6 Å². The number of tetrazole rings is 1. The summed E-state index contributed by atoms with van der Waals surface area (Å²) in [6, 6.07) is 16.4. The van der Waals surface area contributed by atoms with Crippen molar-refractivity contribution in [1.29, 1.82) is 0 Å². The second kappa shape index (κ2) is 11.9. The highest BCUT2D eigenvalue weighted by Crippen LogP contribution is 2.37. The van der Waals surface area contributed by atoms with E-state index in [1.807, 2.05) is 20.8 Å². The van der Waals surface area contributed by atoms with Gasteiger partial charge in [0.05, 0.1) is 7.11 Å². The lowest BCUT2D eigenvalue weighted by Gasteiger charge is -2.34. The average Bonchev–Trinajstić information content (AvgIpc) is 3.43. The summed E-state index contributed by atoms with van der Waals surface area (Å²) in [7, 11) is 1.57. The molecule has 218 valence electrons. The molecule has 2 amide bonds. The molecule has 11 nitrogen and oxygen atoms in total. The number of ether oxygens (including phenoxy) is 3. The number of fused-ring (bicyclic) bond motifs is 1. The number of halogens is 1. The molecule has 4 aromatic rings. The molecule has 0 aliphatic carbocycles. The number of nitrogens with one attached hydrogen (secondary N) is 1. The molecule has 0 spiro atoms. The van der Waals surface area contributed by atoms with Gasteiger partial charge in [-0.3, -0.25) is 14.5 Å². The van der Waals surface area contributed by atoms with Crippen molar-refractivity contribution in [3.05, 3.63) is 78.1 Å². The molecule has 1 atom stereocenters. The second-order valence-corrected chi connectivity index (χ2v) is 10.7. The molecule has 1 N–H and O–H groups in total. The zero-order valence-corrected chi connectivity index (χ0v) is 23.7. The molecule has 0 bridgehead atoms. The van der Waals surface area contributed by atoms with Crippen LogP contribution in [0.2, 0.25) is 0 Å². The normalized spacial score (nSPS) is 13.3. The summed E-state index contributed by atoms with van der Waals surface area (Å²) in [4.78, 5) is 30.4. The maximum atomic E-state index is 14.1. The molecule has 1 unspecified atom stereocenters. The van der Waals surface area contributed by atoms with Crippen molar-refractivity contribution >= 4 is 17.5 Å². The zero-order chi connectivity index (χ0) is 29.9. The molecule has 1 aromatic heterocycles. The van der Waals surface area contributed by atoms with Crippen LogP contribution in [-0.2, 0) is 16.1 Å². The monoisotopic (exact) mass is 574 g/mol. The average molecular weight is 575 g/mol. The highest BCUT2D eigenvalue weighted by Gasteiger charge is 2.35. The number of amides is 2. The maximum absolute atomic E-state index is 14.1. The van der Waals surface area contributed by atoms with Crippen molar-refractivity contribution < 1.29 is 28.2 Å². The van der Waals surface area contributed by atoms with Gasteiger partial charge in [0.15, 0.2) is 11.5 Å². The minimum Gasteiger partial charge on any atom is -0.497 e. The van der Waals surface area contributed by atoms with Crippen molar-refractivity contribution in [2.24, 2.45) is 0 Å². The Morgan fingerprint density at radius 1 is 1.02 bits per heavy atom. The van der Waals surface area contributed by atoms with E-state index in [2.05, 4.69) is 20.7 Å². The first-order chi connectivity index (χ1) is 20.1. The third-order valence-electron chi connectivity index (χ3n) is 6.34. The van der Waals surface area contributed by atoms with Crippen LogP contribution in [0.25, 0.3) is 11.4 Å². The highest BCUT2D eigenvalue weighted by atomic mass is 19.1. The van der Waals surface area contributed by atoms with E-state index in [1.165, 1.54) is 29.2 Å². The van der Waals surface area contributed by atoms with Crippen LogP contribution in [0.4, 0.5) is 10.1 Å². The maximum Gasteiger partial charge on any atom is 0.251 e. The fourth-order valence-corrected chi connectivity index (χ4v) is 4.48. The van der Waals surface area contributed by atoms with Crippen molar-refractivity contribution in [3.8, 4) is 28.6 Å². The van der Waals surface area contributed by atoms with Gasteiger partial charge >= 0.3 is 0 Å². The van der Waals surface area contributed by atoms with Crippen molar-refractivity contribution in [2.45, 2.75) is 38.9 Å². The predicted octanol–water partition coefficient (Wildman–Crippen LogP) is 3.95. The summed E-state index contributed by atoms with van der Waals surface area (Å²) < 4.78 is 30.5. The third-order valence-corrected chi connectivity index (χ3v) is 6.34. The summed E-state index contributed by atoms with van der Waals surface area (Å²) >= 11 is 0. The topological polar surface area (TPSA) is 121 Å². The first kappa shape index (κ1) is 28.5. The molecule has 12 heteroatoms. The molecule has 0 saturated carbocycles. The number of nitrogens with zero attached hydrogens (tertiary/aromatic N) is 5.